The van der Waals surface area contributed by atoms with Crippen molar-refractivity contribution in [1.82, 2.24) is 5.32 Å². The number of nitrogens with one attached hydrogen (secondary N) is 1. The molecule has 0 radical (unpaired) electrons. The molecular formula is C22H27NO5. The number of ether oxygens (including phenoxy) is 2. The van der Waals surface area contributed by atoms with Crippen molar-refractivity contribution in [2.24, 2.45) is 0 Å². The number of amides is 1. The van der Waals surface area contributed by atoms with E-state index in [-0.39, 0.29) is 6.42 Å². The van der Waals surface area contributed by atoms with Crippen LogP contribution in [0.4, 0.5) is 4.79 Å². The molecule has 0 bridgehead atoms. The van der Waals surface area contributed by atoms with Crippen LogP contribution in [0.15, 0.2) is 54.6 Å². The summed E-state index contributed by atoms with van der Waals surface area (Å²) in [5.74, 6) is -0.258. The lowest BCUT2D eigenvalue weighted by atomic mass is 10.0. The normalized spacial score (nSPS) is 12.1. The van der Waals surface area contributed by atoms with E-state index >= 15 is 0 Å². The fourth-order valence-electron chi connectivity index (χ4n) is 2.61. The van der Waals surface area contributed by atoms with Gasteiger partial charge in [-0.3, -0.25) is 4.79 Å². The molecule has 6 nitrogen and oxygen atoms in total. The van der Waals surface area contributed by atoms with Gasteiger partial charge in [0.05, 0.1) is 6.42 Å². The van der Waals surface area contributed by atoms with Crippen LogP contribution in [-0.2, 0) is 22.6 Å². The number of benzene rings is 2. The van der Waals surface area contributed by atoms with Crippen molar-refractivity contribution in [3.63, 3.8) is 0 Å². The van der Waals surface area contributed by atoms with Gasteiger partial charge in [0.2, 0.25) is 0 Å². The van der Waals surface area contributed by atoms with Crippen LogP contribution in [0.2, 0.25) is 0 Å². The van der Waals surface area contributed by atoms with Gasteiger partial charge in [-0.2, -0.15) is 0 Å². The third-order valence-corrected chi connectivity index (χ3v) is 3.80. The van der Waals surface area contributed by atoms with Gasteiger partial charge in [0.15, 0.2) is 0 Å². The molecule has 2 rings (SSSR count). The van der Waals surface area contributed by atoms with Gasteiger partial charge in [-0.1, -0.05) is 42.5 Å². The Labute approximate surface area is 165 Å². The summed E-state index contributed by atoms with van der Waals surface area (Å²) in [6.07, 6.45) is -0.433. The van der Waals surface area contributed by atoms with Gasteiger partial charge < -0.3 is 19.9 Å². The Kier molecular flexibility index (Phi) is 7.44. The summed E-state index contributed by atoms with van der Waals surface area (Å²) < 4.78 is 11.0. The summed E-state index contributed by atoms with van der Waals surface area (Å²) >= 11 is 0. The molecule has 0 fully saturated rings. The number of carbonyl (C=O) groups is 2. The summed E-state index contributed by atoms with van der Waals surface area (Å²) in [4.78, 5) is 23.1. The Hall–Kier alpha value is -3.02. The molecule has 0 unspecified atom stereocenters. The van der Waals surface area contributed by atoms with Gasteiger partial charge in [-0.05, 0) is 50.5 Å². The minimum Gasteiger partial charge on any atom is -0.489 e. The maximum absolute atomic E-state index is 12.0. The minimum atomic E-state index is -0.983. The van der Waals surface area contributed by atoms with E-state index in [4.69, 9.17) is 14.6 Å². The van der Waals surface area contributed by atoms with Crippen molar-refractivity contribution >= 4 is 12.1 Å². The molecule has 0 saturated carbocycles. The standard InChI is InChI=1S/C22H27NO5/c1-22(2,3)28-21(26)23-18(14-20(24)25)13-16-9-11-19(12-10-16)27-15-17-7-5-4-6-8-17/h4-12,18H,13-15H2,1-3H3,(H,23,26)(H,24,25)/t18-/m1/s1. The Balaban J connectivity index is 1.93. The summed E-state index contributed by atoms with van der Waals surface area (Å²) in [5.41, 5.74) is 1.33. The molecule has 2 aromatic carbocycles. The van der Waals surface area contributed by atoms with Crippen molar-refractivity contribution in [3.8, 4) is 5.75 Å². The highest BCUT2D eigenvalue weighted by Gasteiger charge is 2.21. The van der Waals surface area contributed by atoms with Gasteiger partial charge >= 0.3 is 12.1 Å². The lowest BCUT2D eigenvalue weighted by Gasteiger charge is -2.23. The van der Waals surface area contributed by atoms with Gasteiger partial charge in [0.1, 0.15) is 18.0 Å². The number of rotatable bonds is 8. The molecule has 2 N–H and O–H groups in total. The maximum atomic E-state index is 12.0. The second kappa shape index (κ2) is 9.78. The molecule has 0 aromatic heterocycles. The van der Waals surface area contributed by atoms with Crippen LogP contribution in [0.25, 0.3) is 0 Å². The zero-order valence-corrected chi connectivity index (χ0v) is 16.5. The molecule has 0 aliphatic heterocycles. The second-order valence-corrected chi connectivity index (χ2v) is 7.56. The van der Waals surface area contributed by atoms with Crippen LogP contribution in [0.5, 0.6) is 5.75 Å². The first-order valence-electron chi connectivity index (χ1n) is 9.18. The van der Waals surface area contributed by atoms with E-state index in [1.807, 2.05) is 54.6 Å². The Morgan fingerprint density at radius 3 is 2.21 bits per heavy atom. The molecule has 150 valence electrons. The third kappa shape index (κ3) is 8.12. The van der Waals surface area contributed by atoms with E-state index in [1.54, 1.807) is 20.8 Å². The summed E-state index contributed by atoms with van der Waals surface area (Å²) in [6.45, 7) is 5.74. The first kappa shape index (κ1) is 21.3. The number of aliphatic carboxylic acids is 1. The van der Waals surface area contributed by atoms with Gasteiger partial charge in [-0.25, -0.2) is 4.79 Å². The van der Waals surface area contributed by atoms with E-state index in [9.17, 15) is 9.59 Å². The number of hydrogen-bond donors (Lipinski definition) is 2. The van der Waals surface area contributed by atoms with Crippen molar-refractivity contribution in [3.05, 3.63) is 65.7 Å². The van der Waals surface area contributed by atoms with Crippen LogP contribution < -0.4 is 10.1 Å². The molecule has 1 atom stereocenters. The summed E-state index contributed by atoms with van der Waals surface area (Å²) in [7, 11) is 0. The lowest BCUT2D eigenvalue weighted by Crippen LogP contribution is -2.41. The van der Waals surface area contributed by atoms with Crippen LogP contribution >= 0.6 is 0 Å². The zero-order valence-electron chi connectivity index (χ0n) is 16.5. The zero-order chi connectivity index (χ0) is 20.6. The summed E-state index contributed by atoms with van der Waals surface area (Å²) in [5, 5.41) is 11.8. The van der Waals surface area contributed by atoms with E-state index in [2.05, 4.69) is 5.32 Å². The number of hydrogen-bond acceptors (Lipinski definition) is 4. The first-order valence-corrected chi connectivity index (χ1v) is 9.18. The van der Waals surface area contributed by atoms with Gasteiger partial charge in [0.25, 0.3) is 0 Å². The average molecular weight is 385 g/mol. The van der Waals surface area contributed by atoms with Crippen molar-refractivity contribution < 1.29 is 24.2 Å². The number of carbonyl (C=O) groups excluding carboxylic acids is 1. The fraction of sp³-hybridized carbons (Fsp3) is 0.364. The SMILES string of the molecule is CC(C)(C)OC(=O)N[C@@H](CC(=O)O)Cc1ccc(OCc2ccccc2)cc1. The van der Waals surface area contributed by atoms with Gasteiger partial charge in [-0.15, -0.1) is 0 Å². The number of alkyl carbamates (subject to hydrolysis) is 1. The van der Waals surface area contributed by atoms with Crippen LogP contribution in [0.3, 0.4) is 0 Å². The van der Waals surface area contributed by atoms with Crippen molar-refractivity contribution in [2.45, 2.75) is 51.9 Å². The van der Waals surface area contributed by atoms with Crippen LogP contribution in [0.1, 0.15) is 38.3 Å². The van der Waals surface area contributed by atoms with Crippen LogP contribution in [-0.4, -0.2) is 28.8 Å². The third-order valence-electron chi connectivity index (χ3n) is 3.80. The molecule has 1 amide bonds. The maximum Gasteiger partial charge on any atom is 0.407 e. The number of carboxylic acid groups (broad SMARTS) is 1. The van der Waals surface area contributed by atoms with E-state index < -0.39 is 23.7 Å². The highest BCUT2D eigenvalue weighted by atomic mass is 16.6. The predicted octanol–water partition coefficient (Wildman–Crippen LogP) is 4.18. The molecule has 28 heavy (non-hydrogen) atoms. The topological polar surface area (TPSA) is 84.9 Å². The molecule has 6 heteroatoms. The average Bonchev–Trinajstić information content (AvgIpc) is 2.59. The minimum absolute atomic E-state index is 0.189. The van der Waals surface area contributed by atoms with E-state index in [0.29, 0.717) is 13.0 Å². The Morgan fingerprint density at radius 2 is 1.64 bits per heavy atom. The fourth-order valence-corrected chi connectivity index (χ4v) is 2.61. The van der Waals surface area contributed by atoms with Gasteiger partial charge in [0, 0.05) is 6.04 Å². The predicted molar refractivity (Wildman–Crippen MR) is 106 cm³/mol. The molecular weight excluding hydrogens is 358 g/mol. The highest BCUT2D eigenvalue weighted by molar-refractivity contribution is 5.71. The highest BCUT2D eigenvalue weighted by Crippen LogP contribution is 2.16. The molecule has 0 saturated heterocycles. The molecule has 2 aromatic rings. The van der Waals surface area contributed by atoms with Crippen molar-refractivity contribution in [2.75, 3.05) is 0 Å². The smallest absolute Gasteiger partial charge is 0.407 e. The lowest BCUT2D eigenvalue weighted by molar-refractivity contribution is -0.137. The monoisotopic (exact) mass is 385 g/mol. The van der Waals surface area contributed by atoms with Crippen LogP contribution in [0, 0.1) is 0 Å². The quantitative estimate of drug-likeness (QED) is 0.712. The molecule has 0 aliphatic carbocycles. The van der Waals surface area contributed by atoms with Crippen molar-refractivity contribution in [1.29, 1.82) is 0 Å². The van der Waals surface area contributed by atoms with E-state index in [1.165, 1.54) is 0 Å². The summed E-state index contributed by atoms with van der Waals surface area (Å²) in [6, 6.07) is 16.7. The first-order chi connectivity index (χ1) is 13.2. The largest absolute Gasteiger partial charge is 0.489 e. The van der Waals surface area contributed by atoms with E-state index in [0.717, 1.165) is 16.9 Å². The Morgan fingerprint density at radius 1 is 1.00 bits per heavy atom. The molecule has 0 heterocycles. The number of carboxylic acids is 1. The molecule has 0 aliphatic rings. The second-order valence-electron chi connectivity index (χ2n) is 7.56. The Bertz CT molecular complexity index is 766. The molecule has 0 spiro atoms.